The van der Waals surface area contributed by atoms with Gasteiger partial charge in [-0.2, -0.15) is 0 Å². The van der Waals surface area contributed by atoms with E-state index in [-0.39, 0.29) is 16.9 Å². The second kappa shape index (κ2) is 5.74. The summed E-state index contributed by atoms with van der Waals surface area (Å²) in [6.45, 7) is 2.58. The highest BCUT2D eigenvalue weighted by Crippen LogP contribution is 2.13. The molecular weight excluding hydrogens is 250 g/mol. The number of rotatable bonds is 4. The Balaban J connectivity index is 2.01. The summed E-state index contributed by atoms with van der Waals surface area (Å²) >= 11 is 5.62. The summed E-state index contributed by atoms with van der Waals surface area (Å²) in [4.78, 5) is 11.8. The first-order valence-corrected chi connectivity index (χ1v) is 6.19. The zero-order chi connectivity index (χ0) is 13.0. The smallest absolute Gasteiger partial charge is 0.287 e. The van der Waals surface area contributed by atoms with Crippen LogP contribution in [0.4, 0.5) is 0 Å². The normalized spacial score (nSPS) is 10.3. The van der Waals surface area contributed by atoms with Crippen molar-refractivity contribution in [2.24, 2.45) is 0 Å². The molecule has 0 bridgehead atoms. The van der Waals surface area contributed by atoms with Crippen LogP contribution in [0.5, 0.6) is 0 Å². The largest absolute Gasteiger partial charge is 0.440 e. The molecule has 1 heterocycles. The van der Waals surface area contributed by atoms with Gasteiger partial charge in [-0.3, -0.25) is 4.79 Å². The van der Waals surface area contributed by atoms with E-state index < -0.39 is 0 Å². The van der Waals surface area contributed by atoms with E-state index >= 15 is 0 Å². The summed E-state index contributed by atoms with van der Waals surface area (Å²) < 4.78 is 5.04. The van der Waals surface area contributed by atoms with E-state index in [1.165, 1.54) is 5.56 Å². The van der Waals surface area contributed by atoms with Crippen molar-refractivity contribution in [3.8, 4) is 0 Å². The lowest BCUT2D eigenvalue weighted by Crippen LogP contribution is -2.22. The molecular formula is C14H14ClNO2. The quantitative estimate of drug-likeness (QED) is 0.918. The first-order chi connectivity index (χ1) is 8.70. The number of amides is 1. The summed E-state index contributed by atoms with van der Waals surface area (Å²) in [5, 5.41) is 3.03. The summed E-state index contributed by atoms with van der Waals surface area (Å²) in [5.41, 5.74) is 2.35. The fourth-order valence-corrected chi connectivity index (χ4v) is 1.92. The molecule has 4 heteroatoms. The highest BCUT2D eigenvalue weighted by atomic mass is 35.5. The van der Waals surface area contributed by atoms with Crippen molar-refractivity contribution in [2.75, 3.05) is 0 Å². The van der Waals surface area contributed by atoms with Gasteiger partial charge in [-0.05, 0) is 41.3 Å². The standard InChI is InChI=1S/C14H14ClNO2/c1-2-10-5-3-4-6-11(10)9-16-14(17)12-7-8-13(15)18-12/h3-8H,2,9H2,1H3,(H,16,17). The molecule has 0 fully saturated rings. The molecule has 1 aromatic heterocycles. The van der Waals surface area contributed by atoms with E-state index in [9.17, 15) is 4.79 Å². The zero-order valence-electron chi connectivity index (χ0n) is 10.1. The third-order valence-electron chi connectivity index (χ3n) is 2.74. The number of hydrogen-bond acceptors (Lipinski definition) is 2. The van der Waals surface area contributed by atoms with Gasteiger partial charge >= 0.3 is 0 Å². The number of benzene rings is 1. The molecule has 1 N–H and O–H groups in total. The van der Waals surface area contributed by atoms with E-state index in [2.05, 4.69) is 18.3 Å². The molecule has 0 aliphatic heterocycles. The van der Waals surface area contributed by atoms with Crippen molar-refractivity contribution in [2.45, 2.75) is 19.9 Å². The SMILES string of the molecule is CCc1ccccc1CNC(=O)c1ccc(Cl)o1. The number of nitrogens with one attached hydrogen (secondary N) is 1. The van der Waals surface area contributed by atoms with Gasteiger partial charge in [-0.25, -0.2) is 0 Å². The van der Waals surface area contributed by atoms with Crippen LogP contribution in [0.1, 0.15) is 28.6 Å². The van der Waals surface area contributed by atoms with E-state index in [4.69, 9.17) is 16.0 Å². The van der Waals surface area contributed by atoms with E-state index in [0.29, 0.717) is 6.54 Å². The van der Waals surface area contributed by atoms with Gasteiger partial charge in [-0.1, -0.05) is 31.2 Å². The molecule has 1 aromatic carbocycles. The van der Waals surface area contributed by atoms with Crippen LogP contribution in [0.3, 0.4) is 0 Å². The summed E-state index contributed by atoms with van der Waals surface area (Å²) in [6, 6.07) is 11.1. The van der Waals surface area contributed by atoms with Gasteiger partial charge in [-0.15, -0.1) is 0 Å². The monoisotopic (exact) mass is 263 g/mol. The van der Waals surface area contributed by atoms with Crippen molar-refractivity contribution in [3.63, 3.8) is 0 Å². The third kappa shape index (κ3) is 2.93. The van der Waals surface area contributed by atoms with E-state index in [1.807, 2.05) is 18.2 Å². The maximum atomic E-state index is 11.8. The molecule has 1 amide bonds. The van der Waals surface area contributed by atoms with E-state index in [0.717, 1.165) is 12.0 Å². The van der Waals surface area contributed by atoms with Crippen molar-refractivity contribution < 1.29 is 9.21 Å². The molecule has 18 heavy (non-hydrogen) atoms. The molecule has 0 saturated carbocycles. The first-order valence-electron chi connectivity index (χ1n) is 5.81. The van der Waals surface area contributed by atoms with Gasteiger partial charge in [0.05, 0.1) is 0 Å². The Labute approximate surface area is 111 Å². The number of hydrogen-bond donors (Lipinski definition) is 1. The maximum absolute atomic E-state index is 11.8. The number of aryl methyl sites for hydroxylation is 1. The molecule has 2 rings (SSSR count). The molecule has 0 atom stereocenters. The average Bonchev–Trinajstić information content (AvgIpc) is 2.83. The molecule has 0 aliphatic rings. The van der Waals surface area contributed by atoms with Gasteiger partial charge in [0.15, 0.2) is 11.0 Å². The highest BCUT2D eigenvalue weighted by Gasteiger charge is 2.10. The Hall–Kier alpha value is -1.74. The Kier molecular flexibility index (Phi) is 4.05. The predicted molar refractivity (Wildman–Crippen MR) is 70.7 cm³/mol. The topological polar surface area (TPSA) is 42.2 Å². The molecule has 0 unspecified atom stereocenters. The second-order valence-corrected chi connectivity index (χ2v) is 4.28. The molecule has 2 aromatic rings. The number of furan rings is 1. The van der Waals surface area contributed by atoms with Crippen molar-refractivity contribution in [1.82, 2.24) is 5.32 Å². The molecule has 3 nitrogen and oxygen atoms in total. The van der Waals surface area contributed by atoms with Crippen LogP contribution in [-0.4, -0.2) is 5.91 Å². The fraction of sp³-hybridized carbons (Fsp3) is 0.214. The summed E-state index contributed by atoms with van der Waals surface area (Å²) in [7, 11) is 0. The van der Waals surface area contributed by atoms with Crippen LogP contribution in [0.15, 0.2) is 40.8 Å². The van der Waals surface area contributed by atoms with Gasteiger partial charge in [0, 0.05) is 6.54 Å². The van der Waals surface area contributed by atoms with Crippen LogP contribution < -0.4 is 5.32 Å². The molecule has 0 saturated heterocycles. The van der Waals surface area contributed by atoms with Crippen LogP contribution in [0.25, 0.3) is 0 Å². The van der Waals surface area contributed by atoms with Crippen molar-refractivity contribution >= 4 is 17.5 Å². The number of carbonyl (C=O) groups is 1. The number of halogens is 1. The summed E-state index contributed by atoms with van der Waals surface area (Å²) in [5.74, 6) is -0.0261. The maximum Gasteiger partial charge on any atom is 0.287 e. The van der Waals surface area contributed by atoms with Gasteiger partial charge in [0.25, 0.3) is 5.91 Å². The second-order valence-electron chi connectivity index (χ2n) is 3.91. The third-order valence-corrected chi connectivity index (χ3v) is 2.94. The minimum Gasteiger partial charge on any atom is -0.440 e. The van der Waals surface area contributed by atoms with Gasteiger partial charge in [0.1, 0.15) is 0 Å². The van der Waals surface area contributed by atoms with Gasteiger partial charge in [0.2, 0.25) is 0 Å². The van der Waals surface area contributed by atoms with E-state index in [1.54, 1.807) is 12.1 Å². The average molecular weight is 264 g/mol. The minimum atomic E-state index is -0.257. The van der Waals surface area contributed by atoms with Gasteiger partial charge < -0.3 is 9.73 Å². The predicted octanol–water partition coefficient (Wildman–Crippen LogP) is 3.43. The Morgan fingerprint density at radius 3 is 2.56 bits per heavy atom. The molecule has 0 aliphatic carbocycles. The molecule has 0 radical (unpaired) electrons. The van der Waals surface area contributed by atoms with Crippen LogP contribution in [0, 0.1) is 0 Å². The van der Waals surface area contributed by atoms with Crippen molar-refractivity contribution in [3.05, 3.63) is 58.5 Å². The molecule has 0 spiro atoms. The Bertz CT molecular complexity index is 548. The number of carbonyl (C=O) groups excluding carboxylic acids is 1. The first kappa shape index (κ1) is 12.7. The Morgan fingerprint density at radius 1 is 1.22 bits per heavy atom. The highest BCUT2D eigenvalue weighted by molar-refractivity contribution is 6.29. The zero-order valence-corrected chi connectivity index (χ0v) is 10.8. The lowest BCUT2D eigenvalue weighted by Gasteiger charge is -2.08. The summed E-state index contributed by atoms with van der Waals surface area (Å²) in [6.07, 6.45) is 0.943. The lowest BCUT2D eigenvalue weighted by molar-refractivity contribution is 0.0923. The molecule has 94 valence electrons. The van der Waals surface area contributed by atoms with Crippen molar-refractivity contribution in [1.29, 1.82) is 0 Å². The van der Waals surface area contributed by atoms with Crippen LogP contribution in [0.2, 0.25) is 5.22 Å². The van der Waals surface area contributed by atoms with Crippen LogP contribution in [-0.2, 0) is 13.0 Å². The van der Waals surface area contributed by atoms with Crippen LogP contribution >= 0.6 is 11.6 Å². The fourth-order valence-electron chi connectivity index (χ4n) is 1.77. The Morgan fingerprint density at radius 2 is 1.94 bits per heavy atom. The minimum absolute atomic E-state index is 0.217. The lowest BCUT2D eigenvalue weighted by atomic mass is 10.1.